The van der Waals surface area contributed by atoms with E-state index >= 15 is 0 Å². The van der Waals surface area contributed by atoms with Crippen LogP contribution in [0.4, 0.5) is 0 Å². The van der Waals surface area contributed by atoms with Gasteiger partial charge in [0.1, 0.15) is 0 Å². The highest BCUT2D eigenvalue weighted by molar-refractivity contribution is 7.91. The predicted molar refractivity (Wildman–Crippen MR) is 98.9 cm³/mol. The molecule has 7 nitrogen and oxygen atoms in total. The van der Waals surface area contributed by atoms with Crippen LogP contribution in [0.25, 0.3) is 5.69 Å². The molecule has 0 saturated carbocycles. The van der Waals surface area contributed by atoms with Crippen LogP contribution in [0.1, 0.15) is 5.56 Å². The number of imidazole rings is 1. The molecule has 2 atom stereocenters. The molecule has 26 heavy (non-hydrogen) atoms. The van der Waals surface area contributed by atoms with Crippen LogP contribution in [0.3, 0.4) is 0 Å². The van der Waals surface area contributed by atoms with Gasteiger partial charge in [0, 0.05) is 56.3 Å². The first kappa shape index (κ1) is 17.7. The summed E-state index contributed by atoms with van der Waals surface area (Å²) in [6, 6.07) is 8.30. The maximum absolute atomic E-state index is 12.2. The number of fused-ring (bicyclic) bond motifs is 1. The predicted octanol–water partition coefficient (Wildman–Crippen LogP) is 0.148. The molecule has 8 heteroatoms. The molecule has 2 saturated heterocycles. The van der Waals surface area contributed by atoms with E-state index in [2.05, 4.69) is 39.0 Å². The van der Waals surface area contributed by atoms with Crippen LogP contribution in [-0.4, -0.2) is 82.7 Å². The van der Waals surface area contributed by atoms with Crippen molar-refractivity contribution in [1.82, 2.24) is 19.4 Å². The number of hydrogen-bond donors (Lipinski definition) is 1. The molecule has 0 bridgehead atoms. The average Bonchev–Trinajstić information content (AvgIpc) is 3.25. The van der Waals surface area contributed by atoms with Crippen molar-refractivity contribution in [1.29, 1.82) is 0 Å². The van der Waals surface area contributed by atoms with Crippen LogP contribution in [0, 0.1) is 0 Å². The molecule has 4 rings (SSSR count). The van der Waals surface area contributed by atoms with Gasteiger partial charge in [-0.25, -0.2) is 13.4 Å². The molecule has 2 aromatic rings. The van der Waals surface area contributed by atoms with Crippen molar-refractivity contribution in [2.45, 2.75) is 18.6 Å². The smallest absolute Gasteiger partial charge is 0.153 e. The summed E-state index contributed by atoms with van der Waals surface area (Å²) in [6.07, 6.45) is 5.42. The highest BCUT2D eigenvalue weighted by atomic mass is 32.2. The van der Waals surface area contributed by atoms with Crippen LogP contribution in [0.15, 0.2) is 43.0 Å². The average molecular weight is 376 g/mol. The number of nitrogens with zero attached hydrogens (tertiary/aromatic N) is 4. The maximum Gasteiger partial charge on any atom is 0.153 e. The number of piperazine rings is 1. The van der Waals surface area contributed by atoms with Gasteiger partial charge in [-0.15, -0.1) is 0 Å². The van der Waals surface area contributed by atoms with Crippen molar-refractivity contribution in [3.8, 4) is 5.69 Å². The van der Waals surface area contributed by atoms with Crippen molar-refractivity contribution in [2.24, 2.45) is 0 Å². The minimum Gasteiger partial charge on any atom is -0.395 e. The third-order valence-corrected chi connectivity index (χ3v) is 7.12. The van der Waals surface area contributed by atoms with Crippen LogP contribution in [-0.2, 0) is 16.4 Å². The standard InChI is InChI=1S/C18H24N4O3S/c23-10-9-20-7-8-21(18-13-26(24,25)12-17(18)20)11-15-1-3-16(4-2-15)22-6-5-19-14-22/h1-6,14,17-18,23H,7-13H2/t17-,18+/m0/s1. The molecule has 3 heterocycles. The zero-order chi connectivity index (χ0) is 18.1. The fraction of sp³-hybridized carbons (Fsp3) is 0.500. The summed E-state index contributed by atoms with van der Waals surface area (Å²) in [6.45, 7) is 2.97. The van der Waals surface area contributed by atoms with Gasteiger partial charge in [0.15, 0.2) is 9.84 Å². The van der Waals surface area contributed by atoms with Crippen LogP contribution in [0.5, 0.6) is 0 Å². The summed E-state index contributed by atoms with van der Waals surface area (Å²) in [4.78, 5) is 8.48. The molecule has 1 aromatic heterocycles. The number of aliphatic hydroxyl groups is 1. The number of rotatable bonds is 5. The van der Waals surface area contributed by atoms with Gasteiger partial charge >= 0.3 is 0 Å². The van der Waals surface area contributed by atoms with Gasteiger partial charge in [0.25, 0.3) is 0 Å². The fourth-order valence-corrected chi connectivity index (χ4v) is 6.16. The Hall–Kier alpha value is -1.74. The molecule has 2 fully saturated rings. The molecule has 140 valence electrons. The Morgan fingerprint density at radius 3 is 2.42 bits per heavy atom. The number of sulfone groups is 1. The van der Waals surface area contributed by atoms with Gasteiger partial charge in [-0.3, -0.25) is 9.80 Å². The quantitative estimate of drug-likeness (QED) is 0.800. The van der Waals surface area contributed by atoms with E-state index in [0.717, 1.165) is 25.3 Å². The van der Waals surface area contributed by atoms with Crippen molar-refractivity contribution in [2.75, 3.05) is 37.7 Å². The lowest BCUT2D eigenvalue weighted by molar-refractivity contribution is 0.0308. The molecule has 0 amide bonds. The van der Waals surface area contributed by atoms with Crippen LogP contribution < -0.4 is 0 Å². The molecular formula is C18H24N4O3S. The molecule has 1 aromatic carbocycles. The first-order valence-electron chi connectivity index (χ1n) is 8.92. The Morgan fingerprint density at radius 2 is 1.77 bits per heavy atom. The SMILES string of the molecule is O=S1(=O)C[C@@H]2[C@H](C1)N(CCO)CCN2Cc1ccc(-n2ccnc2)cc1. The van der Waals surface area contributed by atoms with Gasteiger partial charge < -0.3 is 9.67 Å². The maximum atomic E-state index is 12.2. The second-order valence-corrected chi connectivity index (χ2v) is 9.23. The lowest BCUT2D eigenvalue weighted by atomic mass is 10.0. The summed E-state index contributed by atoms with van der Waals surface area (Å²) in [5, 5.41) is 9.26. The van der Waals surface area contributed by atoms with E-state index in [9.17, 15) is 13.5 Å². The van der Waals surface area contributed by atoms with E-state index in [-0.39, 0.29) is 30.2 Å². The number of hydrogen-bond acceptors (Lipinski definition) is 6. The molecule has 0 spiro atoms. The van der Waals surface area contributed by atoms with E-state index in [1.165, 1.54) is 5.56 Å². The van der Waals surface area contributed by atoms with E-state index in [0.29, 0.717) is 6.54 Å². The summed E-state index contributed by atoms with van der Waals surface area (Å²) in [5.74, 6) is 0.417. The number of aliphatic hydroxyl groups excluding tert-OH is 1. The highest BCUT2D eigenvalue weighted by Crippen LogP contribution is 2.28. The third-order valence-electron chi connectivity index (χ3n) is 5.42. The summed E-state index contributed by atoms with van der Waals surface area (Å²) >= 11 is 0. The number of aromatic nitrogens is 2. The monoisotopic (exact) mass is 376 g/mol. The van der Waals surface area contributed by atoms with Gasteiger partial charge in [-0.05, 0) is 17.7 Å². The minimum absolute atomic E-state index is 0.00799. The van der Waals surface area contributed by atoms with Crippen molar-refractivity contribution in [3.05, 3.63) is 48.5 Å². The van der Waals surface area contributed by atoms with Gasteiger partial charge in [0.2, 0.25) is 0 Å². The summed E-state index contributed by atoms with van der Waals surface area (Å²) < 4.78 is 26.3. The third kappa shape index (κ3) is 3.55. The number of benzene rings is 1. The lowest BCUT2D eigenvalue weighted by Crippen LogP contribution is -2.59. The molecule has 0 unspecified atom stereocenters. The van der Waals surface area contributed by atoms with E-state index < -0.39 is 9.84 Å². The fourth-order valence-electron chi connectivity index (χ4n) is 4.12. The Kier molecular flexibility index (Phi) is 4.83. The van der Waals surface area contributed by atoms with Crippen molar-refractivity contribution in [3.63, 3.8) is 0 Å². The molecule has 1 N–H and O–H groups in total. The van der Waals surface area contributed by atoms with Crippen molar-refractivity contribution < 1.29 is 13.5 Å². The van der Waals surface area contributed by atoms with Gasteiger partial charge in [-0.2, -0.15) is 0 Å². The lowest BCUT2D eigenvalue weighted by Gasteiger charge is -2.43. The summed E-state index contributed by atoms with van der Waals surface area (Å²) in [7, 11) is -3.02. The first-order chi connectivity index (χ1) is 12.6. The Bertz CT molecular complexity index is 836. The normalized spacial score (nSPS) is 26.0. The van der Waals surface area contributed by atoms with E-state index in [1.807, 2.05) is 10.8 Å². The first-order valence-corrected chi connectivity index (χ1v) is 10.7. The second kappa shape index (κ2) is 7.11. The largest absolute Gasteiger partial charge is 0.395 e. The minimum atomic E-state index is -3.02. The highest BCUT2D eigenvalue weighted by Gasteiger charge is 2.46. The van der Waals surface area contributed by atoms with Gasteiger partial charge in [-0.1, -0.05) is 12.1 Å². The van der Waals surface area contributed by atoms with E-state index in [4.69, 9.17) is 0 Å². The molecule has 0 radical (unpaired) electrons. The second-order valence-electron chi connectivity index (χ2n) is 7.08. The zero-order valence-corrected chi connectivity index (χ0v) is 15.4. The zero-order valence-electron chi connectivity index (χ0n) is 14.6. The van der Waals surface area contributed by atoms with Crippen LogP contribution in [0.2, 0.25) is 0 Å². The Balaban J connectivity index is 1.49. The van der Waals surface area contributed by atoms with E-state index in [1.54, 1.807) is 12.5 Å². The van der Waals surface area contributed by atoms with Crippen LogP contribution >= 0.6 is 0 Å². The topological polar surface area (TPSA) is 78.7 Å². The molecule has 0 aliphatic carbocycles. The Morgan fingerprint density at radius 1 is 1.08 bits per heavy atom. The molecule has 2 aliphatic rings. The Labute approximate surface area is 153 Å². The van der Waals surface area contributed by atoms with Gasteiger partial charge in [0.05, 0.1) is 24.4 Å². The molecular weight excluding hydrogens is 352 g/mol. The molecule has 2 aliphatic heterocycles. The number of β-amino-alcohol motifs (C(OH)–C–C–N with tert-alkyl or cyclic N) is 1. The van der Waals surface area contributed by atoms with Crippen molar-refractivity contribution >= 4 is 9.84 Å². The summed E-state index contributed by atoms with van der Waals surface area (Å²) in [5.41, 5.74) is 2.23.